The molecule has 2 amide bonds. The molecule has 0 fully saturated rings. The van der Waals surface area contributed by atoms with Crippen LogP contribution in [-0.4, -0.2) is 48.6 Å². The number of halogens is 6. The fraction of sp³-hybridized carbons (Fsp3) is 0.250. The van der Waals surface area contributed by atoms with Gasteiger partial charge in [0.05, 0.1) is 31.4 Å². The average Bonchev–Trinajstić information content (AvgIpc) is 3.32. The van der Waals surface area contributed by atoms with Gasteiger partial charge in [-0.2, -0.15) is 26.3 Å². The highest BCUT2D eigenvalue weighted by Crippen LogP contribution is 2.37. The SMILES string of the molecule is COc1ccc(NC(=O)C=CC(Cc2cn(C)c3ccccc23)N(C)C(=O)c2cc(C(F)(F)F)cc(C(F)(F)F)c2)cc1OC. The zero-order chi connectivity index (χ0) is 33.1. The third kappa shape index (κ3) is 7.59. The maximum Gasteiger partial charge on any atom is 0.416 e. The monoisotopic (exact) mass is 633 g/mol. The van der Waals surface area contributed by atoms with Crippen molar-refractivity contribution in [3.63, 3.8) is 0 Å². The molecule has 1 N–H and O–H groups in total. The van der Waals surface area contributed by atoms with Crippen LogP contribution in [0.5, 0.6) is 11.5 Å². The Bertz CT molecular complexity index is 1710. The quantitative estimate of drug-likeness (QED) is 0.158. The van der Waals surface area contributed by atoms with E-state index in [-0.39, 0.29) is 12.5 Å². The summed E-state index contributed by atoms with van der Waals surface area (Å²) in [6, 6.07) is 11.8. The molecule has 1 heterocycles. The predicted molar refractivity (Wildman–Crippen MR) is 156 cm³/mol. The lowest BCUT2D eigenvalue weighted by atomic mass is 10.0. The van der Waals surface area contributed by atoms with Gasteiger partial charge in [0, 0.05) is 54.6 Å². The predicted octanol–water partition coefficient (Wildman–Crippen LogP) is 7.11. The standard InChI is InChI=1S/C32H29F6N3O4/c1-40-18-20(25-7-5-6-8-26(25)40)15-24(10-12-29(42)39-23-9-11-27(44-3)28(17-23)45-4)41(2)30(43)19-13-21(31(33,34)35)16-22(14-19)32(36,37)38/h5-14,16-18,24H,15H2,1-4H3,(H,39,42). The van der Waals surface area contributed by atoms with E-state index in [4.69, 9.17) is 9.47 Å². The van der Waals surface area contributed by atoms with Crippen LogP contribution in [0.2, 0.25) is 0 Å². The summed E-state index contributed by atoms with van der Waals surface area (Å²) in [6.45, 7) is 0. The number of para-hydroxylation sites is 1. The molecule has 1 atom stereocenters. The lowest BCUT2D eigenvalue weighted by molar-refractivity contribution is -0.143. The van der Waals surface area contributed by atoms with E-state index in [1.54, 1.807) is 18.3 Å². The molecule has 45 heavy (non-hydrogen) atoms. The third-order valence-corrected chi connectivity index (χ3v) is 7.18. The van der Waals surface area contributed by atoms with Crippen LogP contribution in [0, 0.1) is 0 Å². The Morgan fingerprint density at radius 2 is 1.53 bits per heavy atom. The summed E-state index contributed by atoms with van der Waals surface area (Å²) in [5, 5.41) is 3.48. The summed E-state index contributed by atoms with van der Waals surface area (Å²) in [5.41, 5.74) is -2.05. The molecule has 0 spiro atoms. The second-order valence-electron chi connectivity index (χ2n) is 10.2. The first kappa shape index (κ1) is 33.0. The van der Waals surface area contributed by atoms with Gasteiger partial charge in [0.1, 0.15) is 0 Å². The van der Waals surface area contributed by atoms with E-state index >= 15 is 0 Å². The Kier molecular flexibility index (Phi) is 9.50. The Morgan fingerprint density at radius 1 is 0.911 bits per heavy atom. The molecule has 1 aromatic heterocycles. The van der Waals surface area contributed by atoms with Crippen molar-refractivity contribution >= 4 is 28.4 Å². The average molecular weight is 634 g/mol. The van der Waals surface area contributed by atoms with Gasteiger partial charge >= 0.3 is 12.4 Å². The Labute approximate surface area is 254 Å². The van der Waals surface area contributed by atoms with E-state index in [2.05, 4.69) is 5.32 Å². The second-order valence-corrected chi connectivity index (χ2v) is 10.2. The van der Waals surface area contributed by atoms with Gasteiger partial charge < -0.3 is 24.3 Å². The molecular weight excluding hydrogens is 604 g/mol. The van der Waals surface area contributed by atoms with Crippen molar-refractivity contribution in [2.45, 2.75) is 24.8 Å². The number of nitrogens with zero attached hydrogens (tertiary/aromatic N) is 2. The molecule has 0 saturated heterocycles. The molecule has 4 rings (SSSR count). The maximum atomic E-state index is 13.5. The molecule has 7 nitrogen and oxygen atoms in total. The number of hydrogen-bond donors (Lipinski definition) is 1. The summed E-state index contributed by atoms with van der Waals surface area (Å²) in [4.78, 5) is 27.4. The number of nitrogens with one attached hydrogen (secondary N) is 1. The normalized spacial score (nSPS) is 12.8. The zero-order valence-corrected chi connectivity index (χ0v) is 24.6. The van der Waals surface area contributed by atoms with Gasteiger partial charge in [0.15, 0.2) is 11.5 Å². The Hall–Kier alpha value is -4.94. The zero-order valence-electron chi connectivity index (χ0n) is 24.6. The molecule has 13 heteroatoms. The minimum absolute atomic E-state index is 0.0389. The lowest BCUT2D eigenvalue weighted by Gasteiger charge is -2.27. The number of carbonyl (C=O) groups excluding carboxylic acids is 2. The van der Waals surface area contributed by atoms with Crippen LogP contribution in [-0.2, 0) is 30.6 Å². The Morgan fingerprint density at radius 3 is 2.13 bits per heavy atom. The van der Waals surface area contributed by atoms with Gasteiger partial charge in [-0.15, -0.1) is 0 Å². The molecule has 238 valence electrons. The van der Waals surface area contributed by atoms with Crippen LogP contribution >= 0.6 is 0 Å². The summed E-state index contributed by atoms with van der Waals surface area (Å²) in [7, 11) is 5.94. The second kappa shape index (κ2) is 13.0. The van der Waals surface area contributed by atoms with E-state index in [0.29, 0.717) is 29.3 Å². The number of carbonyl (C=O) groups is 2. The molecule has 1 unspecified atom stereocenters. The fourth-order valence-corrected chi connectivity index (χ4v) is 4.88. The highest BCUT2D eigenvalue weighted by Gasteiger charge is 2.38. The number of aromatic nitrogens is 1. The van der Waals surface area contributed by atoms with Crippen molar-refractivity contribution in [1.82, 2.24) is 9.47 Å². The van der Waals surface area contributed by atoms with Gasteiger partial charge in [0.25, 0.3) is 5.91 Å². The summed E-state index contributed by atoms with van der Waals surface area (Å²) in [5.74, 6) is -0.909. The topological polar surface area (TPSA) is 72.8 Å². The fourth-order valence-electron chi connectivity index (χ4n) is 4.88. The van der Waals surface area contributed by atoms with E-state index in [0.717, 1.165) is 27.4 Å². The van der Waals surface area contributed by atoms with Crippen molar-refractivity contribution in [2.75, 3.05) is 26.6 Å². The van der Waals surface area contributed by atoms with Crippen molar-refractivity contribution in [1.29, 1.82) is 0 Å². The summed E-state index contributed by atoms with van der Waals surface area (Å²) < 4.78 is 93.3. The van der Waals surface area contributed by atoms with Crippen molar-refractivity contribution in [2.24, 2.45) is 7.05 Å². The number of hydrogen-bond acceptors (Lipinski definition) is 4. The highest BCUT2D eigenvalue weighted by molar-refractivity contribution is 6.00. The lowest BCUT2D eigenvalue weighted by Crippen LogP contribution is -2.37. The van der Waals surface area contributed by atoms with Gasteiger partial charge in [-0.1, -0.05) is 24.3 Å². The maximum absolute atomic E-state index is 13.5. The largest absolute Gasteiger partial charge is 0.493 e. The number of amides is 2. The number of methoxy groups -OCH3 is 2. The van der Waals surface area contributed by atoms with Crippen LogP contribution in [0.4, 0.5) is 32.0 Å². The van der Waals surface area contributed by atoms with Crippen LogP contribution in [0.3, 0.4) is 0 Å². The minimum Gasteiger partial charge on any atom is -0.493 e. The molecule has 0 radical (unpaired) electrons. The van der Waals surface area contributed by atoms with Crippen molar-refractivity contribution in [3.8, 4) is 11.5 Å². The molecule has 0 aliphatic carbocycles. The number of ether oxygens (including phenoxy) is 2. The first-order valence-electron chi connectivity index (χ1n) is 13.4. The van der Waals surface area contributed by atoms with Crippen LogP contribution in [0.15, 0.2) is 79.0 Å². The number of benzene rings is 3. The van der Waals surface area contributed by atoms with E-state index in [1.807, 2.05) is 35.9 Å². The first-order chi connectivity index (χ1) is 21.1. The number of likely N-dealkylation sites (N-methyl/N-ethyl adjacent to an activating group) is 1. The van der Waals surface area contributed by atoms with E-state index in [9.17, 15) is 35.9 Å². The number of rotatable bonds is 9. The molecule has 0 saturated carbocycles. The smallest absolute Gasteiger partial charge is 0.416 e. The van der Waals surface area contributed by atoms with Gasteiger partial charge in [-0.05, 0) is 48.4 Å². The molecule has 4 aromatic rings. The van der Waals surface area contributed by atoms with Gasteiger partial charge in [-0.25, -0.2) is 0 Å². The minimum atomic E-state index is -5.13. The number of alkyl halides is 6. The number of aryl methyl sites for hydroxylation is 1. The van der Waals surface area contributed by atoms with Crippen LogP contribution in [0.1, 0.15) is 27.0 Å². The molecule has 0 bridgehead atoms. The summed E-state index contributed by atoms with van der Waals surface area (Å²) >= 11 is 0. The molecule has 0 aliphatic heterocycles. The molecule has 0 aliphatic rings. The third-order valence-electron chi connectivity index (χ3n) is 7.18. The molecular formula is C32H29F6N3O4. The summed E-state index contributed by atoms with van der Waals surface area (Å²) in [6.07, 6.45) is -5.84. The van der Waals surface area contributed by atoms with Crippen molar-refractivity contribution < 1.29 is 45.4 Å². The van der Waals surface area contributed by atoms with Crippen LogP contribution < -0.4 is 14.8 Å². The number of fused-ring (bicyclic) bond motifs is 1. The van der Waals surface area contributed by atoms with Crippen molar-refractivity contribution in [3.05, 3.63) is 101 Å². The highest BCUT2D eigenvalue weighted by atomic mass is 19.4. The molecule has 3 aromatic carbocycles. The van der Waals surface area contributed by atoms with E-state index in [1.165, 1.54) is 33.4 Å². The number of anilines is 1. The van der Waals surface area contributed by atoms with E-state index < -0.39 is 46.9 Å². The van der Waals surface area contributed by atoms with Gasteiger partial charge in [-0.3, -0.25) is 9.59 Å². The van der Waals surface area contributed by atoms with Crippen LogP contribution in [0.25, 0.3) is 10.9 Å². The van der Waals surface area contributed by atoms with Gasteiger partial charge in [0.2, 0.25) is 5.91 Å². The Balaban J connectivity index is 1.70. The first-order valence-corrected chi connectivity index (χ1v) is 13.4.